The summed E-state index contributed by atoms with van der Waals surface area (Å²) in [5, 5.41) is 0.809. The molecule has 2 aromatic carbocycles. The van der Waals surface area contributed by atoms with E-state index in [1.54, 1.807) is 31.2 Å². The topological polar surface area (TPSA) is 80.9 Å². The zero-order valence-electron chi connectivity index (χ0n) is 16.7. The fourth-order valence-electron chi connectivity index (χ4n) is 3.95. The second-order valence-electron chi connectivity index (χ2n) is 7.25. The zero-order valence-corrected chi connectivity index (χ0v) is 16.7. The molecule has 0 saturated carbocycles. The van der Waals surface area contributed by atoms with Crippen molar-refractivity contribution in [3.05, 3.63) is 65.2 Å². The van der Waals surface area contributed by atoms with Crippen LogP contribution in [0.4, 0.5) is 4.39 Å². The van der Waals surface area contributed by atoms with Gasteiger partial charge in [0.05, 0.1) is 17.9 Å². The lowest BCUT2D eigenvalue weighted by atomic mass is 10.0. The maximum atomic E-state index is 13.7. The fraction of sp³-hybridized carbons (Fsp3) is 0.217. The van der Waals surface area contributed by atoms with E-state index < -0.39 is 5.97 Å². The van der Waals surface area contributed by atoms with Crippen LogP contribution < -0.4 is 9.47 Å². The second kappa shape index (κ2) is 7.46. The van der Waals surface area contributed by atoms with Gasteiger partial charge >= 0.3 is 5.97 Å². The number of carbonyl (C=O) groups excluding carboxylic acids is 2. The number of fused-ring (bicyclic) bond motifs is 4. The molecule has 7 nitrogen and oxygen atoms in total. The smallest absolute Gasteiger partial charge is 0.341 e. The molecular weight excluding hydrogens is 403 g/mol. The van der Waals surface area contributed by atoms with Crippen molar-refractivity contribution in [2.75, 3.05) is 19.9 Å². The molecule has 1 N–H and O–H groups in total. The molecule has 0 bridgehead atoms. The molecule has 2 aliphatic heterocycles. The van der Waals surface area contributed by atoms with Crippen LogP contribution >= 0.6 is 0 Å². The maximum Gasteiger partial charge on any atom is 0.341 e. The summed E-state index contributed by atoms with van der Waals surface area (Å²) >= 11 is 0. The van der Waals surface area contributed by atoms with Crippen LogP contribution in [-0.2, 0) is 16.0 Å². The number of carbonyl (C=O) groups is 2. The fourth-order valence-corrected chi connectivity index (χ4v) is 3.95. The number of H-pyrrole nitrogens is 1. The number of hydrogen-bond acceptors (Lipinski definition) is 5. The molecule has 8 heteroatoms. The van der Waals surface area contributed by atoms with Crippen LogP contribution in [0.2, 0.25) is 0 Å². The number of rotatable bonds is 3. The van der Waals surface area contributed by atoms with Crippen molar-refractivity contribution in [3.8, 4) is 11.5 Å². The Morgan fingerprint density at radius 1 is 1.16 bits per heavy atom. The van der Waals surface area contributed by atoms with Gasteiger partial charge in [-0.1, -0.05) is 0 Å². The Balaban J connectivity index is 1.57. The molecule has 0 fully saturated rings. The van der Waals surface area contributed by atoms with Crippen molar-refractivity contribution in [3.63, 3.8) is 0 Å². The number of nitrogens with zero attached hydrogens (tertiary/aromatic N) is 1. The lowest BCUT2D eigenvalue weighted by molar-refractivity contribution is -0.136. The Kier molecular flexibility index (Phi) is 4.62. The Morgan fingerprint density at radius 2 is 2.00 bits per heavy atom. The molecule has 0 spiro atoms. The number of esters is 1. The predicted octanol–water partition coefficient (Wildman–Crippen LogP) is 3.64. The molecular formula is C23H19FN2O5. The van der Waals surface area contributed by atoms with Gasteiger partial charge in [0.15, 0.2) is 11.5 Å². The molecule has 1 amide bonds. The van der Waals surface area contributed by atoms with Gasteiger partial charge < -0.3 is 24.1 Å². The van der Waals surface area contributed by atoms with Crippen LogP contribution in [0.25, 0.3) is 16.5 Å². The number of halogens is 1. The summed E-state index contributed by atoms with van der Waals surface area (Å²) in [6, 6.07) is 9.43. The van der Waals surface area contributed by atoms with Gasteiger partial charge in [0, 0.05) is 29.2 Å². The summed E-state index contributed by atoms with van der Waals surface area (Å²) in [6.45, 7) is 2.36. The van der Waals surface area contributed by atoms with Gasteiger partial charge in [-0.25, -0.2) is 9.18 Å². The van der Waals surface area contributed by atoms with E-state index in [4.69, 9.17) is 14.2 Å². The van der Waals surface area contributed by atoms with Crippen molar-refractivity contribution in [2.24, 2.45) is 0 Å². The third-order valence-corrected chi connectivity index (χ3v) is 5.40. The van der Waals surface area contributed by atoms with E-state index in [2.05, 4.69) is 4.98 Å². The number of ether oxygens (including phenoxy) is 3. The summed E-state index contributed by atoms with van der Waals surface area (Å²) in [5.74, 6) is -0.107. The van der Waals surface area contributed by atoms with Crippen LogP contribution in [-0.4, -0.2) is 41.7 Å². The molecule has 3 aromatic rings. The Morgan fingerprint density at radius 3 is 2.84 bits per heavy atom. The molecule has 31 heavy (non-hydrogen) atoms. The average Bonchev–Trinajstić information content (AvgIpc) is 3.32. The number of hydrogen-bond donors (Lipinski definition) is 1. The minimum atomic E-state index is -0.554. The Bertz CT molecular complexity index is 1250. The summed E-state index contributed by atoms with van der Waals surface area (Å²) in [4.78, 5) is 30.6. The molecule has 158 valence electrons. The van der Waals surface area contributed by atoms with E-state index in [9.17, 15) is 14.0 Å². The minimum absolute atomic E-state index is 0.117. The molecule has 2 aliphatic rings. The highest BCUT2D eigenvalue weighted by Gasteiger charge is 2.28. The Labute approximate surface area is 177 Å². The van der Waals surface area contributed by atoms with E-state index in [1.165, 1.54) is 23.2 Å². The van der Waals surface area contributed by atoms with Crippen LogP contribution in [0.15, 0.2) is 42.6 Å². The van der Waals surface area contributed by atoms with Gasteiger partial charge in [-0.05, 0) is 55.3 Å². The predicted molar refractivity (Wildman–Crippen MR) is 110 cm³/mol. The summed E-state index contributed by atoms with van der Waals surface area (Å²) in [6.07, 6.45) is 1.99. The molecule has 0 radical (unpaired) electrons. The van der Waals surface area contributed by atoms with Crippen LogP contribution in [0, 0.1) is 5.82 Å². The number of benzene rings is 2. The highest BCUT2D eigenvalue weighted by Crippen LogP contribution is 2.35. The van der Waals surface area contributed by atoms with Crippen molar-refractivity contribution < 1.29 is 28.2 Å². The van der Waals surface area contributed by atoms with E-state index in [0.717, 1.165) is 10.9 Å². The summed E-state index contributed by atoms with van der Waals surface area (Å²) in [5.41, 5.74) is 2.62. The molecule has 0 unspecified atom stereocenters. The van der Waals surface area contributed by atoms with E-state index >= 15 is 0 Å². The zero-order chi connectivity index (χ0) is 21.5. The molecule has 0 saturated heterocycles. The third-order valence-electron chi connectivity index (χ3n) is 5.40. The van der Waals surface area contributed by atoms with Crippen LogP contribution in [0.5, 0.6) is 11.5 Å². The van der Waals surface area contributed by atoms with Crippen molar-refractivity contribution in [2.45, 2.75) is 13.3 Å². The van der Waals surface area contributed by atoms with Gasteiger partial charge in [-0.2, -0.15) is 0 Å². The molecule has 1 aromatic heterocycles. The highest BCUT2D eigenvalue weighted by atomic mass is 19.1. The van der Waals surface area contributed by atoms with Crippen LogP contribution in [0.3, 0.4) is 0 Å². The number of aromatic amines is 1. The number of amides is 1. The third kappa shape index (κ3) is 3.30. The van der Waals surface area contributed by atoms with E-state index in [-0.39, 0.29) is 30.7 Å². The van der Waals surface area contributed by atoms with Gasteiger partial charge in [0.25, 0.3) is 5.91 Å². The van der Waals surface area contributed by atoms with Gasteiger partial charge in [-0.3, -0.25) is 4.79 Å². The summed E-state index contributed by atoms with van der Waals surface area (Å²) < 4.78 is 29.6. The maximum absolute atomic E-state index is 13.7. The van der Waals surface area contributed by atoms with E-state index in [0.29, 0.717) is 41.2 Å². The largest absolute Gasteiger partial charge is 0.462 e. The molecule has 5 rings (SSSR count). The molecule has 0 aliphatic carbocycles. The molecule has 0 atom stereocenters. The van der Waals surface area contributed by atoms with Crippen LogP contribution in [0.1, 0.15) is 28.5 Å². The SMILES string of the molecule is CCOC(=O)C1=CN(C(=O)c2ccc3c(c2)OCO3)CCc2c1[nH]c1cc(F)ccc21. The monoisotopic (exact) mass is 422 g/mol. The van der Waals surface area contributed by atoms with Gasteiger partial charge in [0.1, 0.15) is 5.82 Å². The average molecular weight is 422 g/mol. The molecule has 3 heterocycles. The highest BCUT2D eigenvalue weighted by molar-refractivity contribution is 6.18. The summed E-state index contributed by atoms with van der Waals surface area (Å²) in [7, 11) is 0. The van der Waals surface area contributed by atoms with Gasteiger partial charge in [-0.15, -0.1) is 0 Å². The second-order valence-corrected chi connectivity index (χ2v) is 7.25. The number of aromatic nitrogens is 1. The normalized spacial score (nSPS) is 14.8. The number of nitrogens with one attached hydrogen (secondary N) is 1. The van der Waals surface area contributed by atoms with Crippen molar-refractivity contribution >= 4 is 28.4 Å². The quantitative estimate of drug-likeness (QED) is 0.652. The first-order chi connectivity index (χ1) is 15.0. The standard InChI is InChI=1S/C23H19FN2O5/c1-2-29-23(28)17-11-26(22(27)13-3-6-19-20(9-13)31-12-30-19)8-7-16-15-5-4-14(24)10-18(15)25-21(16)17/h3-6,9-11,25H,2,7-8,12H2,1H3. The minimum Gasteiger partial charge on any atom is -0.462 e. The lowest BCUT2D eigenvalue weighted by Gasteiger charge is -2.18. The van der Waals surface area contributed by atoms with Crippen molar-refractivity contribution in [1.82, 2.24) is 9.88 Å². The first kappa shape index (κ1) is 19.2. The van der Waals surface area contributed by atoms with Gasteiger partial charge in [0.2, 0.25) is 6.79 Å². The first-order valence-corrected chi connectivity index (χ1v) is 9.95. The Hall–Kier alpha value is -3.81. The van der Waals surface area contributed by atoms with Crippen molar-refractivity contribution in [1.29, 1.82) is 0 Å². The lowest BCUT2D eigenvalue weighted by Crippen LogP contribution is -2.28. The first-order valence-electron chi connectivity index (χ1n) is 9.95. The van der Waals surface area contributed by atoms with E-state index in [1.807, 2.05) is 0 Å².